The second-order valence-electron chi connectivity index (χ2n) is 3.40. The molecule has 0 amide bonds. The van der Waals surface area contributed by atoms with E-state index in [2.05, 4.69) is 0 Å². The van der Waals surface area contributed by atoms with Crippen LogP contribution >= 0.6 is 0 Å². The molecule has 0 bridgehead atoms. The number of halogens is 1. The Hall–Kier alpha value is -0.940. The molecule has 2 rings (SSSR count). The summed E-state index contributed by atoms with van der Waals surface area (Å²) >= 11 is 0. The third-order valence-electron chi connectivity index (χ3n) is 2.40. The van der Waals surface area contributed by atoms with Crippen LogP contribution in [-0.2, 0) is 9.84 Å². The Bertz CT molecular complexity index is 470. The van der Waals surface area contributed by atoms with E-state index in [1.165, 1.54) is 12.1 Å². The van der Waals surface area contributed by atoms with Crippen molar-refractivity contribution >= 4 is 9.84 Å². The highest BCUT2D eigenvalue weighted by Gasteiger charge is 2.28. The van der Waals surface area contributed by atoms with Crippen LogP contribution in [0.4, 0.5) is 4.39 Å². The molecular formula is C9H10FNO2S. The molecule has 0 saturated carbocycles. The average Bonchev–Trinajstić information content (AvgIpc) is 2.12. The normalized spacial score (nSPS) is 24.3. The summed E-state index contributed by atoms with van der Waals surface area (Å²) in [5, 5.41) is 0. The summed E-state index contributed by atoms with van der Waals surface area (Å²) in [4.78, 5) is 0.178. The molecule has 1 aliphatic rings. The maximum Gasteiger partial charge on any atom is 0.178 e. The van der Waals surface area contributed by atoms with E-state index in [9.17, 15) is 12.8 Å². The van der Waals surface area contributed by atoms with Gasteiger partial charge >= 0.3 is 0 Å². The van der Waals surface area contributed by atoms with Crippen LogP contribution in [0.3, 0.4) is 0 Å². The van der Waals surface area contributed by atoms with E-state index in [0.717, 1.165) is 6.07 Å². The summed E-state index contributed by atoms with van der Waals surface area (Å²) in [5.74, 6) is -0.399. The van der Waals surface area contributed by atoms with Gasteiger partial charge in [0.1, 0.15) is 5.82 Å². The van der Waals surface area contributed by atoms with Crippen LogP contribution in [0.2, 0.25) is 0 Å². The van der Waals surface area contributed by atoms with E-state index < -0.39 is 15.7 Å². The van der Waals surface area contributed by atoms with E-state index in [1.807, 2.05) is 0 Å². The lowest BCUT2D eigenvalue weighted by Crippen LogP contribution is -2.25. The van der Waals surface area contributed by atoms with E-state index in [1.54, 1.807) is 0 Å². The van der Waals surface area contributed by atoms with Gasteiger partial charge in [0.15, 0.2) is 9.84 Å². The fourth-order valence-electron chi connectivity index (χ4n) is 1.64. The molecule has 0 fully saturated rings. The number of fused-ring (bicyclic) bond motifs is 1. The first-order valence-corrected chi connectivity index (χ1v) is 5.94. The Kier molecular flexibility index (Phi) is 2.08. The summed E-state index contributed by atoms with van der Waals surface area (Å²) in [6, 6.07) is 3.27. The van der Waals surface area contributed by atoms with Crippen molar-refractivity contribution < 1.29 is 12.8 Å². The first-order chi connectivity index (χ1) is 6.50. The Morgan fingerprint density at radius 2 is 2.14 bits per heavy atom. The molecule has 0 spiro atoms. The molecule has 5 heteroatoms. The third kappa shape index (κ3) is 1.42. The Morgan fingerprint density at radius 1 is 1.43 bits per heavy atom. The van der Waals surface area contributed by atoms with Gasteiger partial charge in [-0.25, -0.2) is 12.8 Å². The topological polar surface area (TPSA) is 60.2 Å². The molecule has 0 aromatic heterocycles. The highest BCUT2D eigenvalue weighted by Crippen LogP contribution is 2.30. The Morgan fingerprint density at radius 3 is 2.86 bits per heavy atom. The predicted molar refractivity (Wildman–Crippen MR) is 50.0 cm³/mol. The molecule has 3 nitrogen and oxygen atoms in total. The van der Waals surface area contributed by atoms with Crippen molar-refractivity contribution in [1.82, 2.24) is 0 Å². The molecule has 1 aliphatic heterocycles. The maximum absolute atomic E-state index is 12.9. The van der Waals surface area contributed by atoms with Crippen LogP contribution < -0.4 is 5.73 Å². The predicted octanol–water partition coefficient (Wildman–Crippen LogP) is 1.00. The zero-order chi connectivity index (χ0) is 10.3. The van der Waals surface area contributed by atoms with Crippen LogP contribution in [0.15, 0.2) is 23.1 Å². The minimum absolute atomic E-state index is 0.0484. The number of benzene rings is 1. The second-order valence-corrected chi connectivity index (χ2v) is 5.47. The van der Waals surface area contributed by atoms with Gasteiger partial charge in [-0.1, -0.05) is 0 Å². The molecule has 1 aromatic carbocycles. The monoisotopic (exact) mass is 215 g/mol. The van der Waals surface area contributed by atoms with Crippen LogP contribution in [0.5, 0.6) is 0 Å². The largest absolute Gasteiger partial charge is 0.324 e. The first kappa shape index (κ1) is 9.61. The zero-order valence-corrected chi connectivity index (χ0v) is 8.22. The minimum Gasteiger partial charge on any atom is -0.324 e. The van der Waals surface area contributed by atoms with E-state index in [0.29, 0.717) is 12.0 Å². The highest BCUT2D eigenvalue weighted by molar-refractivity contribution is 7.91. The van der Waals surface area contributed by atoms with Gasteiger partial charge in [0.25, 0.3) is 0 Å². The van der Waals surface area contributed by atoms with Gasteiger partial charge in [0, 0.05) is 6.04 Å². The summed E-state index contributed by atoms with van der Waals surface area (Å²) in [6.45, 7) is 0. The van der Waals surface area contributed by atoms with Gasteiger partial charge in [-0.2, -0.15) is 0 Å². The fourth-order valence-corrected chi connectivity index (χ4v) is 3.27. The lowest BCUT2D eigenvalue weighted by molar-refractivity contribution is 0.562. The lowest BCUT2D eigenvalue weighted by Gasteiger charge is -2.21. The number of hydrogen-bond donors (Lipinski definition) is 1. The molecule has 76 valence electrons. The standard InChI is InChI=1S/C9H10FNO2S/c10-6-1-2-9-7(5-6)8(11)3-4-14(9,12)13/h1-2,5,8H,3-4,11H2/t8-/m1/s1. The number of nitrogens with two attached hydrogens (primary N) is 1. The number of rotatable bonds is 0. The van der Waals surface area contributed by atoms with Gasteiger partial charge in [0.2, 0.25) is 0 Å². The lowest BCUT2D eigenvalue weighted by atomic mass is 10.1. The third-order valence-corrected chi connectivity index (χ3v) is 4.22. The molecular weight excluding hydrogens is 205 g/mol. The summed E-state index contributed by atoms with van der Waals surface area (Å²) in [5.41, 5.74) is 6.10. The fraction of sp³-hybridized carbons (Fsp3) is 0.333. The smallest absolute Gasteiger partial charge is 0.178 e. The minimum atomic E-state index is -3.24. The van der Waals surface area contributed by atoms with Crippen LogP contribution in [0.1, 0.15) is 18.0 Å². The molecule has 2 N–H and O–H groups in total. The molecule has 0 radical (unpaired) electrons. The van der Waals surface area contributed by atoms with Gasteiger partial charge in [-0.3, -0.25) is 0 Å². The second kappa shape index (κ2) is 3.03. The molecule has 1 heterocycles. The van der Waals surface area contributed by atoms with Crippen molar-refractivity contribution in [3.8, 4) is 0 Å². The van der Waals surface area contributed by atoms with Crippen molar-refractivity contribution in [1.29, 1.82) is 0 Å². The molecule has 0 unspecified atom stereocenters. The van der Waals surface area contributed by atoms with Gasteiger partial charge < -0.3 is 5.73 Å². The van der Waals surface area contributed by atoms with Gasteiger partial charge in [-0.15, -0.1) is 0 Å². The van der Waals surface area contributed by atoms with Crippen LogP contribution in [0.25, 0.3) is 0 Å². The molecule has 0 aliphatic carbocycles. The molecule has 14 heavy (non-hydrogen) atoms. The zero-order valence-electron chi connectivity index (χ0n) is 7.40. The Balaban J connectivity index is 2.69. The summed E-state index contributed by atoms with van der Waals surface area (Å²) in [7, 11) is -3.24. The van der Waals surface area contributed by atoms with Gasteiger partial charge in [0.05, 0.1) is 10.6 Å². The molecule has 0 saturated heterocycles. The quantitative estimate of drug-likeness (QED) is 0.657. The summed E-state index contributed by atoms with van der Waals surface area (Å²) in [6.07, 6.45) is 0.360. The number of sulfone groups is 1. The van der Waals surface area contributed by atoms with Crippen molar-refractivity contribution in [3.05, 3.63) is 29.6 Å². The van der Waals surface area contributed by atoms with Crippen molar-refractivity contribution in [2.45, 2.75) is 17.4 Å². The van der Waals surface area contributed by atoms with Crippen LogP contribution in [0, 0.1) is 5.82 Å². The van der Waals surface area contributed by atoms with E-state index in [-0.39, 0.29) is 16.7 Å². The maximum atomic E-state index is 12.9. The average molecular weight is 215 g/mol. The van der Waals surface area contributed by atoms with Crippen molar-refractivity contribution in [3.63, 3.8) is 0 Å². The molecule has 1 atom stereocenters. The van der Waals surface area contributed by atoms with Crippen LogP contribution in [-0.4, -0.2) is 14.2 Å². The highest BCUT2D eigenvalue weighted by atomic mass is 32.2. The van der Waals surface area contributed by atoms with Crippen molar-refractivity contribution in [2.24, 2.45) is 5.73 Å². The van der Waals surface area contributed by atoms with E-state index >= 15 is 0 Å². The SMILES string of the molecule is N[C@@H]1CCS(=O)(=O)c2ccc(F)cc21. The Labute approximate surface area is 81.7 Å². The summed E-state index contributed by atoms with van der Waals surface area (Å²) < 4.78 is 36.0. The van der Waals surface area contributed by atoms with E-state index in [4.69, 9.17) is 5.73 Å². The van der Waals surface area contributed by atoms with Crippen molar-refractivity contribution in [2.75, 3.05) is 5.75 Å². The molecule has 1 aromatic rings. The first-order valence-electron chi connectivity index (χ1n) is 4.28. The number of hydrogen-bond acceptors (Lipinski definition) is 3. The van der Waals surface area contributed by atoms with Gasteiger partial charge in [-0.05, 0) is 30.2 Å².